The molecule has 1 rings (SSSR count). The molecule has 0 spiro atoms. The highest BCUT2D eigenvalue weighted by Crippen LogP contribution is 2.28. The lowest BCUT2D eigenvalue weighted by atomic mass is 10.1. The molecule has 0 fully saturated rings. The van der Waals surface area contributed by atoms with Crippen molar-refractivity contribution in [2.75, 3.05) is 12.4 Å². The zero-order valence-electron chi connectivity index (χ0n) is 13.4. The number of hydrogen-bond donors (Lipinski definition) is 1. The van der Waals surface area contributed by atoms with E-state index in [-0.39, 0.29) is 21.7 Å². The number of rotatable bonds is 3. The third-order valence-corrected chi connectivity index (χ3v) is 4.13. The lowest BCUT2D eigenvalue weighted by molar-refractivity contribution is 0.0596. The molecular weight excluding hydrogens is 346 g/mol. The number of carbonyl (C=O) groups excluding carboxylic acids is 2. The van der Waals surface area contributed by atoms with Gasteiger partial charge in [0.1, 0.15) is 5.60 Å². The molecule has 1 aromatic rings. The Bertz CT molecular complexity index is 736. The summed E-state index contributed by atoms with van der Waals surface area (Å²) < 4.78 is 33.0. The van der Waals surface area contributed by atoms with Gasteiger partial charge in [0.05, 0.1) is 17.6 Å². The van der Waals surface area contributed by atoms with Gasteiger partial charge < -0.3 is 9.47 Å². The topological polar surface area (TPSA) is 98.8 Å². The fourth-order valence-electron chi connectivity index (χ4n) is 1.72. The van der Waals surface area contributed by atoms with Crippen LogP contribution < -0.4 is 5.32 Å². The molecule has 0 aliphatic carbocycles. The van der Waals surface area contributed by atoms with Crippen LogP contribution in [0.2, 0.25) is 0 Å². The minimum atomic E-state index is -4.12. The molecule has 1 aromatic carbocycles. The van der Waals surface area contributed by atoms with Crippen molar-refractivity contribution in [1.29, 1.82) is 0 Å². The SMILES string of the molecule is COC(=O)c1cc(NC(=O)OC(C)(C)C)c(C)c(S(=O)(=O)Cl)c1. The molecule has 9 heteroatoms. The summed E-state index contributed by atoms with van der Waals surface area (Å²) in [6.45, 7) is 6.49. The van der Waals surface area contributed by atoms with Crippen molar-refractivity contribution < 1.29 is 27.5 Å². The molecule has 0 aromatic heterocycles. The van der Waals surface area contributed by atoms with Crippen LogP contribution in [0.4, 0.5) is 10.5 Å². The van der Waals surface area contributed by atoms with Crippen molar-refractivity contribution in [3.05, 3.63) is 23.3 Å². The molecule has 0 saturated carbocycles. The fraction of sp³-hybridized carbons (Fsp3) is 0.429. The van der Waals surface area contributed by atoms with Gasteiger partial charge in [-0.2, -0.15) is 0 Å². The number of ether oxygens (including phenoxy) is 2. The Morgan fingerprint density at radius 1 is 1.22 bits per heavy atom. The molecule has 0 atom stereocenters. The zero-order valence-corrected chi connectivity index (χ0v) is 15.0. The number of hydrogen-bond acceptors (Lipinski definition) is 6. The Kier molecular flexibility index (Phi) is 5.65. The maximum atomic E-state index is 11.9. The highest BCUT2D eigenvalue weighted by atomic mass is 35.7. The van der Waals surface area contributed by atoms with Gasteiger partial charge in [0.25, 0.3) is 9.05 Å². The Balaban J connectivity index is 3.36. The summed E-state index contributed by atoms with van der Waals surface area (Å²) >= 11 is 0. The van der Waals surface area contributed by atoms with Crippen LogP contribution in [0.25, 0.3) is 0 Å². The highest BCUT2D eigenvalue weighted by Gasteiger charge is 2.23. The van der Waals surface area contributed by atoms with Crippen LogP contribution in [-0.4, -0.2) is 33.2 Å². The number of halogens is 1. The minimum Gasteiger partial charge on any atom is -0.465 e. The smallest absolute Gasteiger partial charge is 0.412 e. The van der Waals surface area contributed by atoms with Gasteiger partial charge in [0.2, 0.25) is 0 Å². The first-order chi connectivity index (χ1) is 10.3. The minimum absolute atomic E-state index is 0.0663. The molecule has 0 heterocycles. The molecule has 0 saturated heterocycles. The van der Waals surface area contributed by atoms with Crippen LogP contribution in [0, 0.1) is 6.92 Å². The van der Waals surface area contributed by atoms with Crippen LogP contribution in [-0.2, 0) is 18.5 Å². The predicted octanol–water partition coefficient (Wildman–Crippen LogP) is 3.06. The van der Waals surface area contributed by atoms with Gasteiger partial charge in [-0.3, -0.25) is 5.32 Å². The summed E-state index contributed by atoms with van der Waals surface area (Å²) in [5.41, 5.74) is -0.539. The number of carbonyl (C=O) groups is 2. The van der Waals surface area contributed by atoms with Gasteiger partial charge >= 0.3 is 12.1 Å². The van der Waals surface area contributed by atoms with Gasteiger partial charge in [-0.15, -0.1) is 0 Å². The third kappa shape index (κ3) is 5.40. The van der Waals surface area contributed by atoms with E-state index in [9.17, 15) is 18.0 Å². The lowest BCUT2D eigenvalue weighted by Crippen LogP contribution is -2.27. The normalized spacial score (nSPS) is 11.7. The van der Waals surface area contributed by atoms with Gasteiger partial charge in [-0.05, 0) is 45.4 Å². The van der Waals surface area contributed by atoms with Gasteiger partial charge in [-0.1, -0.05) is 0 Å². The average molecular weight is 364 g/mol. The summed E-state index contributed by atoms with van der Waals surface area (Å²) in [5, 5.41) is 2.41. The number of benzene rings is 1. The second-order valence-corrected chi connectivity index (χ2v) is 8.24. The summed E-state index contributed by atoms with van der Waals surface area (Å²) in [6.07, 6.45) is -0.791. The van der Waals surface area contributed by atoms with Crippen LogP contribution >= 0.6 is 10.7 Å². The van der Waals surface area contributed by atoms with Crippen LogP contribution in [0.5, 0.6) is 0 Å². The number of amides is 1. The lowest BCUT2D eigenvalue weighted by Gasteiger charge is -2.20. The average Bonchev–Trinajstić information content (AvgIpc) is 2.36. The van der Waals surface area contributed by atoms with Gasteiger partial charge in [0.15, 0.2) is 0 Å². The van der Waals surface area contributed by atoms with Gasteiger partial charge in [0, 0.05) is 16.4 Å². The molecule has 0 aliphatic rings. The zero-order chi connectivity index (χ0) is 18.0. The van der Waals surface area contributed by atoms with E-state index in [2.05, 4.69) is 10.1 Å². The van der Waals surface area contributed by atoms with E-state index in [0.717, 1.165) is 13.2 Å². The maximum absolute atomic E-state index is 11.9. The molecule has 0 aliphatic heterocycles. The standard InChI is InChI=1S/C14H18ClNO6S/c1-8-10(16-13(18)22-14(2,3)4)6-9(12(17)21-5)7-11(8)23(15,19)20/h6-7H,1-5H3,(H,16,18). The second kappa shape index (κ2) is 6.76. The second-order valence-electron chi connectivity index (χ2n) is 5.70. The highest BCUT2D eigenvalue weighted by molar-refractivity contribution is 8.13. The molecule has 128 valence electrons. The monoisotopic (exact) mass is 363 g/mol. The summed E-state index contributed by atoms with van der Waals surface area (Å²) in [5.74, 6) is -0.765. The molecule has 23 heavy (non-hydrogen) atoms. The van der Waals surface area contributed by atoms with E-state index in [1.54, 1.807) is 20.8 Å². The maximum Gasteiger partial charge on any atom is 0.412 e. The Labute approximate surface area is 139 Å². The van der Waals surface area contributed by atoms with E-state index in [1.807, 2.05) is 0 Å². The Hall–Kier alpha value is -1.80. The van der Waals surface area contributed by atoms with E-state index < -0.39 is 26.7 Å². The first kappa shape index (κ1) is 19.2. The largest absolute Gasteiger partial charge is 0.465 e. The number of anilines is 1. The first-order valence-electron chi connectivity index (χ1n) is 6.53. The molecule has 1 N–H and O–H groups in total. The van der Waals surface area contributed by atoms with Crippen molar-refractivity contribution in [3.63, 3.8) is 0 Å². The summed E-state index contributed by atoms with van der Waals surface area (Å²) in [6, 6.07) is 2.38. The van der Waals surface area contributed by atoms with E-state index in [1.165, 1.54) is 13.0 Å². The van der Waals surface area contributed by atoms with E-state index >= 15 is 0 Å². The van der Waals surface area contributed by atoms with Crippen LogP contribution in [0.15, 0.2) is 17.0 Å². The third-order valence-electron chi connectivity index (χ3n) is 2.68. The molecule has 7 nitrogen and oxygen atoms in total. The number of methoxy groups -OCH3 is 1. The number of esters is 1. The van der Waals surface area contributed by atoms with Crippen molar-refractivity contribution in [1.82, 2.24) is 0 Å². The van der Waals surface area contributed by atoms with Crippen molar-refractivity contribution >= 4 is 37.5 Å². The predicted molar refractivity (Wildman–Crippen MR) is 85.4 cm³/mol. The van der Waals surface area contributed by atoms with Crippen molar-refractivity contribution in [2.24, 2.45) is 0 Å². The molecule has 0 bridgehead atoms. The first-order valence-corrected chi connectivity index (χ1v) is 8.83. The Morgan fingerprint density at radius 2 is 1.78 bits per heavy atom. The Morgan fingerprint density at radius 3 is 2.22 bits per heavy atom. The van der Waals surface area contributed by atoms with E-state index in [0.29, 0.717) is 0 Å². The van der Waals surface area contributed by atoms with Crippen LogP contribution in [0.1, 0.15) is 36.7 Å². The molecule has 1 amide bonds. The molecule has 0 radical (unpaired) electrons. The van der Waals surface area contributed by atoms with Gasteiger partial charge in [-0.25, -0.2) is 18.0 Å². The molecule has 0 unspecified atom stereocenters. The van der Waals surface area contributed by atoms with E-state index in [4.69, 9.17) is 15.4 Å². The van der Waals surface area contributed by atoms with Crippen LogP contribution in [0.3, 0.4) is 0 Å². The quantitative estimate of drug-likeness (QED) is 0.654. The van der Waals surface area contributed by atoms with Crippen molar-refractivity contribution in [3.8, 4) is 0 Å². The molecular formula is C14H18ClNO6S. The fourth-order valence-corrected chi connectivity index (χ4v) is 2.94. The summed E-state index contributed by atoms with van der Waals surface area (Å²) in [7, 11) is 2.41. The van der Waals surface area contributed by atoms with Crippen molar-refractivity contribution in [2.45, 2.75) is 38.2 Å². The summed E-state index contributed by atoms with van der Waals surface area (Å²) in [4.78, 5) is 23.2. The number of nitrogens with one attached hydrogen (secondary N) is 1.